The van der Waals surface area contributed by atoms with Gasteiger partial charge in [0.15, 0.2) is 10.9 Å². The van der Waals surface area contributed by atoms with E-state index in [9.17, 15) is 19.7 Å². The first kappa shape index (κ1) is 25.6. The Morgan fingerprint density at radius 3 is 2.76 bits per heavy atom. The normalized spacial score (nSPS) is 19.1. The average Bonchev–Trinajstić information content (AvgIpc) is 3.18. The number of anilines is 1. The molecule has 2 aromatic carbocycles. The molecule has 1 aliphatic carbocycles. The molecule has 1 atom stereocenters. The van der Waals surface area contributed by atoms with Crippen LogP contribution >= 0.6 is 38.9 Å². The number of aromatic nitrogens is 1. The molecule has 0 saturated heterocycles. The molecule has 0 fully saturated rings. The van der Waals surface area contributed by atoms with Crippen molar-refractivity contribution in [3.63, 3.8) is 0 Å². The van der Waals surface area contributed by atoms with Gasteiger partial charge in [-0.1, -0.05) is 58.8 Å². The Morgan fingerprint density at radius 2 is 2.03 bits per heavy atom. The Balaban J connectivity index is 1.61. The van der Waals surface area contributed by atoms with Crippen LogP contribution in [0.1, 0.15) is 45.1 Å². The molecule has 37 heavy (non-hydrogen) atoms. The number of carbonyl (C=O) groups excluding carboxylic acids is 2. The van der Waals surface area contributed by atoms with Crippen molar-refractivity contribution in [1.29, 1.82) is 0 Å². The lowest BCUT2D eigenvalue weighted by atomic mass is 9.68. The summed E-state index contributed by atoms with van der Waals surface area (Å²) >= 11 is 10.9. The first-order valence-corrected chi connectivity index (χ1v) is 13.5. The van der Waals surface area contributed by atoms with Crippen molar-refractivity contribution >= 4 is 71.6 Å². The van der Waals surface area contributed by atoms with Crippen molar-refractivity contribution < 1.29 is 14.5 Å². The second kappa shape index (κ2) is 9.34. The van der Waals surface area contributed by atoms with E-state index in [0.717, 1.165) is 20.4 Å². The van der Waals surface area contributed by atoms with E-state index in [1.165, 1.54) is 23.5 Å². The van der Waals surface area contributed by atoms with Crippen LogP contribution in [0, 0.1) is 15.5 Å². The van der Waals surface area contributed by atoms with Crippen LogP contribution in [-0.2, 0) is 9.59 Å². The highest BCUT2D eigenvalue weighted by Crippen LogP contribution is 2.47. The van der Waals surface area contributed by atoms with Crippen LogP contribution in [0.5, 0.6) is 0 Å². The number of ketones is 1. The highest BCUT2D eigenvalue weighted by atomic mass is 79.9. The molecule has 1 aromatic heterocycles. The molecular formula is C26H22BrClN4O4S. The smallest absolute Gasteiger partial charge is 0.288 e. The summed E-state index contributed by atoms with van der Waals surface area (Å²) in [6.45, 7) is 5.81. The minimum Gasteiger partial charge on any atom is -0.362 e. The molecular weight excluding hydrogens is 580 g/mol. The van der Waals surface area contributed by atoms with Crippen LogP contribution in [0.25, 0.3) is 10.2 Å². The van der Waals surface area contributed by atoms with E-state index in [4.69, 9.17) is 11.6 Å². The van der Waals surface area contributed by atoms with Gasteiger partial charge in [0, 0.05) is 45.4 Å². The van der Waals surface area contributed by atoms with E-state index in [2.05, 4.69) is 31.5 Å². The fourth-order valence-corrected chi connectivity index (χ4v) is 6.64. The number of carbonyl (C=O) groups is 2. The average molecular weight is 602 g/mol. The number of nitrogens with zero attached hydrogens (tertiary/aromatic N) is 2. The first-order chi connectivity index (χ1) is 17.4. The Morgan fingerprint density at radius 1 is 1.27 bits per heavy atom. The van der Waals surface area contributed by atoms with Gasteiger partial charge in [0.2, 0.25) is 0 Å². The third-order valence-corrected chi connectivity index (χ3v) is 8.30. The van der Waals surface area contributed by atoms with E-state index < -0.39 is 16.7 Å². The number of rotatable bonds is 4. The zero-order valence-electron chi connectivity index (χ0n) is 20.1. The molecule has 3 aromatic rings. The minimum absolute atomic E-state index is 0.0136. The molecule has 0 bridgehead atoms. The Kier molecular flexibility index (Phi) is 6.45. The van der Waals surface area contributed by atoms with Gasteiger partial charge in [0.05, 0.1) is 15.1 Å². The maximum atomic E-state index is 13.8. The molecule has 1 amide bonds. The number of thiazole rings is 1. The van der Waals surface area contributed by atoms with Gasteiger partial charge in [-0.25, -0.2) is 4.98 Å². The van der Waals surface area contributed by atoms with Gasteiger partial charge in [0.1, 0.15) is 5.02 Å². The lowest BCUT2D eigenvalue weighted by Gasteiger charge is -2.39. The van der Waals surface area contributed by atoms with E-state index in [0.29, 0.717) is 40.4 Å². The number of dihydropyridines is 1. The molecule has 2 heterocycles. The highest BCUT2D eigenvalue weighted by molar-refractivity contribution is 9.10. The highest BCUT2D eigenvalue weighted by Gasteiger charge is 2.43. The summed E-state index contributed by atoms with van der Waals surface area (Å²) in [4.78, 5) is 42.8. The van der Waals surface area contributed by atoms with Gasteiger partial charge in [-0.2, -0.15) is 0 Å². The van der Waals surface area contributed by atoms with Crippen LogP contribution in [0.3, 0.4) is 0 Å². The SMILES string of the molecule is CC1=C(C(=O)Nc2nc3ccc(Br)cc3s2)[C@H](c2ccc(Cl)c([N+](=O)[O-])c2)C2=C(CC(C)(C)CC2=O)N1. The van der Waals surface area contributed by atoms with Crippen molar-refractivity contribution in [2.45, 2.75) is 39.5 Å². The van der Waals surface area contributed by atoms with E-state index >= 15 is 0 Å². The number of hydrogen-bond donors (Lipinski definition) is 2. The molecule has 11 heteroatoms. The summed E-state index contributed by atoms with van der Waals surface area (Å²) in [7, 11) is 0. The van der Waals surface area contributed by atoms with E-state index in [-0.39, 0.29) is 21.9 Å². The zero-order chi connectivity index (χ0) is 26.6. The maximum absolute atomic E-state index is 13.8. The summed E-state index contributed by atoms with van der Waals surface area (Å²) in [6, 6.07) is 10.1. The zero-order valence-corrected chi connectivity index (χ0v) is 23.3. The number of fused-ring (bicyclic) bond motifs is 1. The summed E-state index contributed by atoms with van der Waals surface area (Å²) in [5.41, 5.74) is 2.75. The molecule has 0 radical (unpaired) electrons. The quantitative estimate of drug-likeness (QED) is 0.249. The van der Waals surface area contributed by atoms with Gasteiger partial charge in [0.25, 0.3) is 11.6 Å². The molecule has 2 aliphatic rings. The van der Waals surface area contributed by atoms with Gasteiger partial charge >= 0.3 is 0 Å². The van der Waals surface area contributed by atoms with Gasteiger partial charge in [-0.15, -0.1) is 0 Å². The number of nitrogens with one attached hydrogen (secondary N) is 2. The monoisotopic (exact) mass is 600 g/mol. The van der Waals surface area contributed by atoms with E-state index in [1.807, 2.05) is 32.0 Å². The fraction of sp³-hybridized carbons (Fsp3) is 0.269. The number of benzene rings is 2. The lowest BCUT2D eigenvalue weighted by molar-refractivity contribution is -0.384. The molecule has 8 nitrogen and oxygen atoms in total. The molecule has 0 saturated carbocycles. The van der Waals surface area contributed by atoms with Gasteiger partial charge in [-0.05, 0) is 48.6 Å². The van der Waals surface area contributed by atoms with E-state index in [1.54, 1.807) is 13.0 Å². The number of halogens is 2. The van der Waals surface area contributed by atoms with Gasteiger partial charge in [-0.3, -0.25) is 25.0 Å². The fourth-order valence-electron chi connectivity index (χ4n) is 5.04. The Bertz CT molecular complexity index is 1580. The number of allylic oxidation sites excluding steroid dienone is 3. The standard InChI is InChI=1S/C26H22BrClN4O4S/c1-12-21(24(34)31-25-30-16-7-5-14(27)9-20(16)37-25)22(13-4-6-15(28)18(8-13)32(35)36)23-17(29-12)10-26(2,3)11-19(23)33/h4-9,22,29H,10-11H2,1-3H3,(H,30,31,34)/t22-/m0/s1. The van der Waals surface area contributed by atoms with Crippen molar-refractivity contribution in [3.05, 3.63) is 84.1 Å². The van der Waals surface area contributed by atoms with Crippen LogP contribution in [0.15, 0.2) is 63.4 Å². The molecule has 1 aliphatic heterocycles. The number of amides is 1. The summed E-state index contributed by atoms with van der Waals surface area (Å²) < 4.78 is 1.80. The topological polar surface area (TPSA) is 114 Å². The Hall–Kier alpha value is -3.08. The lowest BCUT2D eigenvalue weighted by Crippen LogP contribution is -2.39. The van der Waals surface area contributed by atoms with Crippen molar-refractivity contribution in [2.24, 2.45) is 5.41 Å². The van der Waals surface area contributed by atoms with Crippen LogP contribution < -0.4 is 10.6 Å². The number of hydrogen-bond acceptors (Lipinski definition) is 7. The molecule has 0 unspecified atom stereocenters. The first-order valence-electron chi connectivity index (χ1n) is 11.5. The third-order valence-electron chi connectivity index (χ3n) is 6.56. The largest absolute Gasteiger partial charge is 0.362 e. The third kappa shape index (κ3) is 4.81. The van der Waals surface area contributed by atoms with Crippen LogP contribution in [0.2, 0.25) is 5.02 Å². The second-order valence-corrected chi connectivity index (χ2v) is 12.3. The molecule has 2 N–H and O–H groups in total. The summed E-state index contributed by atoms with van der Waals surface area (Å²) in [6.07, 6.45) is 0.916. The number of nitro benzene ring substituents is 1. The molecule has 0 spiro atoms. The predicted octanol–water partition coefficient (Wildman–Crippen LogP) is 6.86. The van der Waals surface area contributed by atoms with Crippen LogP contribution in [-0.4, -0.2) is 21.6 Å². The van der Waals surface area contributed by atoms with Crippen molar-refractivity contribution in [1.82, 2.24) is 10.3 Å². The van der Waals surface area contributed by atoms with Gasteiger partial charge < -0.3 is 5.32 Å². The minimum atomic E-state index is -0.792. The summed E-state index contributed by atoms with van der Waals surface area (Å²) in [5, 5.41) is 18.2. The second-order valence-electron chi connectivity index (χ2n) is 9.98. The number of Topliss-reactive ketones (excluding diaryl/α,β-unsaturated/α-hetero) is 1. The van der Waals surface area contributed by atoms with Crippen molar-refractivity contribution in [2.75, 3.05) is 5.32 Å². The molecule has 190 valence electrons. The number of nitro groups is 1. The van der Waals surface area contributed by atoms with Crippen LogP contribution in [0.4, 0.5) is 10.8 Å². The Labute approximate surface area is 230 Å². The summed E-state index contributed by atoms with van der Waals surface area (Å²) in [5.74, 6) is -1.32. The van der Waals surface area contributed by atoms with Crippen molar-refractivity contribution in [3.8, 4) is 0 Å². The maximum Gasteiger partial charge on any atom is 0.288 e. The predicted molar refractivity (Wildman–Crippen MR) is 148 cm³/mol. The molecule has 5 rings (SSSR count).